The normalized spacial score (nSPS) is 16.7. The van der Waals surface area contributed by atoms with E-state index < -0.39 is 0 Å². The number of amides is 1. The van der Waals surface area contributed by atoms with Gasteiger partial charge in [0.2, 0.25) is 5.91 Å². The third-order valence-corrected chi connectivity index (χ3v) is 3.82. The highest BCUT2D eigenvalue weighted by Crippen LogP contribution is 2.03. The van der Waals surface area contributed by atoms with Crippen molar-refractivity contribution in [2.45, 2.75) is 20.3 Å². The van der Waals surface area contributed by atoms with Crippen molar-refractivity contribution in [1.29, 1.82) is 0 Å². The minimum absolute atomic E-state index is 0.168. The van der Waals surface area contributed by atoms with E-state index in [4.69, 9.17) is 0 Å². The van der Waals surface area contributed by atoms with Gasteiger partial charge >= 0.3 is 0 Å². The van der Waals surface area contributed by atoms with Crippen LogP contribution >= 0.6 is 11.8 Å². The maximum Gasteiger partial charge on any atom is 0.219 e. The van der Waals surface area contributed by atoms with Gasteiger partial charge < -0.3 is 15.1 Å². The van der Waals surface area contributed by atoms with Gasteiger partial charge in [-0.05, 0) is 25.4 Å². The molecule has 0 spiro atoms. The lowest BCUT2D eigenvalue weighted by Gasteiger charge is -2.36. The van der Waals surface area contributed by atoms with Gasteiger partial charge in [0.1, 0.15) is 0 Å². The number of guanidine groups is 1. The maximum atomic E-state index is 11.3. The lowest BCUT2D eigenvalue weighted by atomic mass is 10.3. The molecule has 6 heteroatoms. The summed E-state index contributed by atoms with van der Waals surface area (Å²) in [5, 5.41) is 3.34. The van der Waals surface area contributed by atoms with Gasteiger partial charge in [0, 0.05) is 46.2 Å². The summed E-state index contributed by atoms with van der Waals surface area (Å²) in [5.74, 6) is 2.31. The van der Waals surface area contributed by atoms with E-state index in [9.17, 15) is 4.79 Å². The van der Waals surface area contributed by atoms with Crippen LogP contribution in [0.5, 0.6) is 0 Å². The Morgan fingerprint density at radius 2 is 1.89 bits per heavy atom. The molecule has 1 fully saturated rings. The van der Waals surface area contributed by atoms with Crippen LogP contribution < -0.4 is 5.32 Å². The summed E-state index contributed by atoms with van der Waals surface area (Å²) in [7, 11) is 0. The minimum atomic E-state index is 0.168. The van der Waals surface area contributed by atoms with Crippen LogP contribution in [0, 0.1) is 0 Å². The van der Waals surface area contributed by atoms with Gasteiger partial charge in [-0.15, -0.1) is 0 Å². The molecule has 0 atom stereocenters. The zero-order chi connectivity index (χ0) is 14.1. The topological polar surface area (TPSA) is 47.9 Å². The average Bonchev–Trinajstić information content (AvgIpc) is 2.42. The number of carbonyl (C=O) groups is 1. The molecule has 0 aromatic carbocycles. The van der Waals surface area contributed by atoms with Crippen LogP contribution in [-0.4, -0.2) is 72.9 Å². The van der Waals surface area contributed by atoms with E-state index in [1.165, 1.54) is 0 Å². The quantitative estimate of drug-likeness (QED) is 0.463. The first-order chi connectivity index (χ1) is 9.19. The first-order valence-corrected chi connectivity index (χ1v) is 8.36. The Kier molecular flexibility index (Phi) is 7.70. The number of hydrogen-bond donors (Lipinski definition) is 1. The van der Waals surface area contributed by atoms with E-state index >= 15 is 0 Å². The number of nitrogens with zero attached hydrogens (tertiary/aromatic N) is 3. The van der Waals surface area contributed by atoms with Crippen molar-refractivity contribution in [2.75, 3.05) is 51.3 Å². The van der Waals surface area contributed by atoms with Crippen LogP contribution in [0.1, 0.15) is 20.3 Å². The molecule has 0 unspecified atom stereocenters. The second-order valence-corrected chi connectivity index (χ2v) is 5.56. The summed E-state index contributed by atoms with van der Waals surface area (Å²) in [4.78, 5) is 20.1. The van der Waals surface area contributed by atoms with Crippen molar-refractivity contribution in [1.82, 2.24) is 15.1 Å². The fourth-order valence-corrected chi connectivity index (χ4v) is 2.47. The Hall–Kier alpha value is -0.910. The van der Waals surface area contributed by atoms with Crippen LogP contribution in [0.25, 0.3) is 0 Å². The Morgan fingerprint density at radius 1 is 1.26 bits per heavy atom. The molecule has 19 heavy (non-hydrogen) atoms. The number of hydrogen-bond acceptors (Lipinski definition) is 3. The number of thioether (sulfide) groups is 1. The summed E-state index contributed by atoms with van der Waals surface area (Å²) in [5.41, 5.74) is 0. The first-order valence-electron chi connectivity index (χ1n) is 6.96. The molecule has 0 aromatic heterocycles. The molecule has 1 N–H and O–H groups in total. The van der Waals surface area contributed by atoms with Crippen molar-refractivity contribution in [3.05, 3.63) is 0 Å². The van der Waals surface area contributed by atoms with E-state index in [0.717, 1.165) is 57.4 Å². The van der Waals surface area contributed by atoms with Crippen LogP contribution in [-0.2, 0) is 4.79 Å². The predicted octanol–water partition coefficient (Wildman–Crippen LogP) is 0.869. The van der Waals surface area contributed by atoms with E-state index in [-0.39, 0.29) is 5.91 Å². The molecule has 1 rings (SSSR count). The lowest BCUT2D eigenvalue weighted by molar-refractivity contribution is -0.130. The molecule has 0 bridgehead atoms. The van der Waals surface area contributed by atoms with Crippen molar-refractivity contribution in [3.8, 4) is 0 Å². The molecule has 0 radical (unpaired) electrons. The van der Waals surface area contributed by atoms with Crippen LogP contribution in [0.15, 0.2) is 4.99 Å². The van der Waals surface area contributed by atoms with E-state index in [1.807, 2.05) is 16.7 Å². The number of aliphatic imine (C=N–C) groups is 1. The highest BCUT2D eigenvalue weighted by Gasteiger charge is 2.20. The van der Waals surface area contributed by atoms with Crippen molar-refractivity contribution in [3.63, 3.8) is 0 Å². The molecule has 1 aliphatic heterocycles. The fourth-order valence-electron chi connectivity index (χ4n) is 2.05. The predicted molar refractivity (Wildman–Crippen MR) is 82.8 cm³/mol. The minimum Gasteiger partial charge on any atom is -0.357 e. The van der Waals surface area contributed by atoms with Crippen molar-refractivity contribution < 1.29 is 4.79 Å². The van der Waals surface area contributed by atoms with E-state index in [1.54, 1.807) is 6.92 Å². The number of nitrogens with one attached hydrogen (secondary N) is 1. The van der Waals surface area contributed by atoms with Gasteiger partial charge in [-0.25, -0.2) is 0 Å². The van der Waals surface area contributed by atoms with Gasteiger partial charge in [0.05, 0.1) is 0 Å². The monoisotopic (exact) mass is 286 g/mol. The van der Waals surface area contributed by atoms with Gasteiger partial charge in [-0.1, -0.05) is 0 Å². The highest BCUT2D eigenvalue weighted by atomic mass is 32.2. The molecule has 0 aliphatic carbocycles. The lowest BCUT2D eigenvalue weighted by Crippen LogP contribution is -2.53. The molecule has 0 aromatic rings. The maximum absolute atomic E-state index is 11.3. The van der Waals surface area contributed by atoms with Gasteiger partial charge in [-0.3, -0.25) is 9.79 Å². The summed E-state index contributed by atoms with van der Waals surface area (Å²) in [6, 6.07) is 0. The molecule has 110 valence electrons. The Labute approximate surface area is 120 Å². The van der Waals surface area contributed by atoms with E-state index in [0.29, 0.717) is 0 Å². The molecule has 1 amide bonds. The van der Waals surface area contributed by atoms with Gasteiger partial charge in [0.25, 0.3) is 0 Å². The average molecular weight is 286 g/mol. The van der Waals surface area contributed by atoms with Crippen LogP contribution in [0.2, 0.25) is 0 Å². The Morgan fingerprint density at radius 3 is 2.42 bits per heavy atom. The first kappa shape index (κ1) is 16.1. The molecule has 5 nitrogen and oxygen atoms in total. The second kappa shape index (κ2) is 9.07. The SMILES string of the molecule is CCNC(=NCCCSC)N1CCN(C(C)=O)CC1. The zero-order valence-electron chi connectivity index (χ0n) is 12.3. The molecule has 0 saturated carbocycles. The van der Waals surface area contributed by atoms with Crippen LogP contribution in [0.4, 0.5) is 0 Å². The molecule has 1 heterocycles. The largest absolute Gasteiger partial charge is 0.357 e. The number of rotatable bonds is 5. The molecule has 1 saturated heterocycles. The molecular formula is C13H26N4OS. The van der Waals surface area contributed by atoms with Crippen molar-refractivity contribution >= 4 is 23.6 Å². The summed E-state index contributed by atoms with van der Waals surface area (Å²) in [6.45, 7) is 8.81. The highest BCUT2D eigenvalue weighted by molar-refractivity contribution is 7.98. The second-order valence-electron chi connectivity index (χ2n) is 4.58. The Bertz CT molecular complexity index is 301. The van der Waals surface area contributed by atoms with E-state index in [2.05, 4.69) is 28.4 Å². The Balaban J connectivity index is 2.46. The number of carbonyl (C=O) groups excluding carboxylic acids is 1. The third-order valence-electron chi connectivity index (χ3n) is 3.13. The third kappa shape index (κ3) is 5.72. The zero-order valence-corrected chi connectivity index (χ0v) is 13.1. The summed E-state index contributed by atoms with van der Waals surface area (Å²) in [6.07, 6.45) is 3.24. The molecular weight excluding hydrogens is 260 g/mol. The van der Waals surface area contributed by atoms with Gasteiger partial charge in [-0.2, -0.15) is 11.8 Å². The van der Waals surface area contributed by atoms with Crippen LogP contribution in [0.3, 0.4) is 0 Å². The number of piperazine rings is 1. The standard InChI is InChI=1S/C13H26N4OS/c1-4-14-13(15-6-5-11-19-3)17-9-7-16(8-10-17)12(2)18/h4-11H2,1-3H3,(H,14,15). The summed E-state index contributed by atoms with van der Waals surface area (Å²) < 4.78 is 0. The molecule has 1 aliphatic rings. The smallest absolute Gasteiger partial charge is 0.219 e. The summed E-state index contributed by atoms with van der Waals surface area (Å²) >= 11 is 1.86. The van der Waals surface area contributed by atoms with Gasteiger partial charge in [0.15, 0.2) is 5.96 Å². The van der Waals surface area contributed by atoms with Crippen molar-refractivity contribution in [2.24, 2.45) is 4.99 Å². The fraction of sp³-hybridized carbons (Fsp3) is 0.846.